The lowest BCUT2D eigenvalue weighted by Crippen LogP contribution is -2.27. The molecule has 1 aromatic heterocycles. The van der Waals surface area contributed by atoms with Crippen LogP contribution in [0.1, 0.15) is 10.9 Å². The summed E-state index contributed by atoms with van der Waals surface area (Å²) in [6, 6.07) is 8.45. The average molecular weight is 346 g/mol. The number of primary amides is 1. The quantitative estimate of drug-likeness (QED) is 0.885. The van der Waals surface area contributed by atoms with Gasteiger partial charge in [0.2, 0.25) is 5.91 Å². The first kappa shape index (κ1) is 13.4. The summed E-state index contributed by atoms with van der Waals surface area (Å²) in [6.45, 7) is 0. The largest absolute Gasteiger partial charge is 0.369 e. The van der Waals surface area contributed by atoms with Gasteiger partial charge in [-0.1, -0.05) is 11.6 Å². The van der Waals surface area contributed by atoms with Crippen LogP contribution in [0, 0.1) is 0 Å². The molecular weight excluding hydrogens is 336 g/mol. The molecule has 1 atom stereocenters. The number of nitrogens with one attached hydrogen (secondary N) is 1. The van der Waals surface area contributed by atoms with Crippen LogP contribution in [0.5, 0.6) is 0 Å². The summed E-state index contributed by atoms with van der Waals surface area (Å²) in [7, 11) is 0. The van der Waals surface area contributed by atoms with Gasteiger partial charge < -0.3 is 11.1 Å². The van der Waals surface area contributed by atoms with E-state index >= 15 is 0 Å². The first-order valence-electron chi connectivity index (χ1n) is 5.12. The highest BCUT2D eigenvalue weighted by molar-refractivity contribution is 9.10. The van der Waals surface area contributed by atoms with E-state index in [1.54, 1.807) is 24.3 Å². The zero-order valence-corrected chi connectivity index (χ0v) is 12.3. The Balaban J connectivity index is 2.25. The van der Waals surface area contributed by atoms with Crippen LogP contribution >= 0.6 is 38.9 Å². The third-order valence-electron chi connectivity index (χ3n) is 2.35. The molecule has 6 heteroatoms. The number of thiophene rings is 1. The zero-order valence-electron chi connectivity index (χ0n) is 9.19. The van der Waals surface area contributed by atoms with Crippen molar-refractivity contribution in [2.75, 3.05) is 5.32 Å². The van der Waals surface area contributed by atoms with Crippen molar-refractivity contribution in [1.29, 1.82) is 0 Å². The van der Waals surface area contributed by atoms with Crippen molar-refractivity contribution in [2.24, 2.45) is 5.73 Å². The van der Waals surface area contributed by atoms with Gasteiger partial charge in [-0.15, -0.1) is 11.3 Å². The van der Waals surface area contributed by atoms with Crippen molar-refractivity contribution in [3.63, 3.8) is 0 Å². The first-order chi connectivity index (χ1) is 8.58. The number of amides is 1. The average Bonchev–Trinajstić information content (AvgIpc) is 2.74. The van der Waals surface area contributed by atoms with Gasteiger partial charge in [-0.25, -0.2) is 0 Å². The van der Waals surface area contributed by atoms with Crippen molar-refractivity contribution in [1.82, 2.24) is 0 Å². The van der Waals surface area contributed by atoms with E-state index in [0.717, 1.165) is 15.0 Å². The molecule has 0 saturated heterocycles. The molecule has 1 amide bonds. The molecule has 0 fully saturated rings. The van der Waals surface area contributed by atoms with E-state index < -0.39 is 11.9 Å². The van der Waals surface area contributed by atoms with Crippen molar-refractivity contribution < 1.29 is 4.79 Å². The predicted molar refractivity (Wildman–Crippen MR) is 79.0 cm³/mol. The Morgan fingerprint density at radius 2 is 2.00 bits per heavy atom. The molecule has 94 valence electrons. The minimum atomic E-state index is -0.555. The van der Waals surface area contributed by atoms with Crippen molar-refractivity contribution in [2.45, 2.75) is 6.04 Å². The summed E-state index contributed by atoms with van der Waals surface area (Å²) < 4.78 is 0.873. The highest BCUT2D eigenvalue weighted by Gasteiger charge is 2.21. The fourth-order valence-corrected chi connectivity index (χ4v) is 3.28. The minimum Gasteiger partial charge on any atom is -0.369 e. The van der Waals surface area contributed by atoms with Crippen LogP contribution in [0.15, 0.2) is 40.2 Å². The number of halogens is 2. The molecule has 2 rings (SSSR count). The van der Waals surface area contributed by atoms with Gasteiger partial charge in [0.15, 0.2) is 0 Å². The normalized spacial score (nSPS) is 12.1. The summed E-state index contributed by atoms with van der Waals surface area (Å²) in [5, 5.41) is 5.64. The highest BCUT2D eigenvalue weighted by atomic mass is 79.9. The molecule has 3 nitrogen and oxygen atoms in total. The van der Waals surface area contributed by atoms with Gasteiger partial charge in [-0.2, -0.15) is 0 Å². The number of nitrogens with two attached hydrogens (primary N) is 1. The van der Waals surface area contributed by atoms with Gasteiger partial charge in [-0.3, -0.25) is 4.79 Å². The molecule has 0 saturated carbocycles. The molecule has 0 aliphatic rings. The molecule has 1 unspecified atom stereocenters. The smallest absolute Gasteiger partial charge is 0.245 e. The van der Waals surface area contributed by atoms with Gasteiger partial charge in [-0.05, 0) is 51.6 Å². The van der Waals surface area contributed by atoms with E-state index in [2.05, 4.69) is 21.2 Å². The summed E-state index contributed by atoms with van der Waals surface area (Å²) in [5.74, 6) is -0.423. The lowest BCUT2D eigenvalue weighted by atomic mass is 10.2. The summed E-state index contributed by atoms with van der Waals surface area (Å²) in [5.41, 5.74) is 6.23. The van der Waals surface area contributed by atoms with Crippen LogP contribution in [-0.4, -0.2) is 5.91 Å². The predicted octanol–water partition coefficient (Wildman–Crippen LogP) is 3.80. The van der Waals surface area contributed by atoms with Crippen LogP contribution < -0.4 is 11.1 Å². The van der Waals surface area contributed by atoms with Gasteiger partial charge in [0.05, 0.1) is 4.88 Å². The molecule has 2 aromatic rings. The molecule has 0 aliphatic heterocycles. The van der Waals surface area contributed by atoms with Gasteiger partial charge in [0.25, 0.3) is 0 Å². The third kappa shape index (κ3) is 3.04. The number of rotatable bonds is 4. The molecule has 1 heterocycles. The minimum absolute atomic E-state index is 0.423. The summed E-state index contributed by atoms with van der Waals surface area (Å²) in [4.78, 5) is 12.4. The fraction of sp³-hybridized carbons (Fsp3) is 0.0833. The molecule has 0 spiro atoms. The lowest BCUT2D eigenvalue weighted by molar-refractivity contribution is -0.118. The third-order valence-corrected chi connectivity index (χ3v) is 4.53. The van der Waals surface area contributed by atoms with E-state index in [1.807, 2.05) is 11.4 Å². The highest BCUT2D eigenvalue weighted by Crippen LogP contribution is 2.31. The van der Waals surface area contributed by atoms with Gasteiger partial charge in [0.1, 0.15) is 6.04 Å². The fourth-order valence-electron chi connectivity index (χ4n) is 1.49. The molecule has 1 aromatic carbocycles. The van der Waals surface area contributed by atoms with E-state index in [4.69, 9.17) is 17.3 Å². The Bertz CT molecular complexity index is 555. The Labute approximate surface area is 122 Å². The van der Waals surface area contributed by atoms with Crippen LogP contribution in [0.2, 0.25) is 5.02 Å². The number of benzene rings is 1. The van der Waals surface area contributed by atoms with E-state index in [1.165, 1.54) is 11.3 Å². The Kier molecular flexibility index (Phi) is 4.27. The molecule has 0 radical (unpaired) electrons. The van der Waals surface area contributed by atoms with Crippen LogP contribution in [0.3, 0.4) is 0 Å². The van der Waals surface area contributed by atoms with E-state index in [0.29, 0.717) is 5.02 Å². The second-order valence-corrected chi connectivity index (χ2v) is 5.86. The van der Waals surface area contributed by atoms with Gasteiger partial charge >= 0.3 is 0 Å². The van der Waals surface area contributed by atoms with Gasteiger partial charge in [0, 0.05) is 15.2 Å². The second kappa shape index (κ2) is 5.73. The van der Waals surface area contributed by atoms with Crippen LogP contribution in [0.25, 0.3) is 0 Å². The standard InChI is InChI=1S/C12H10BrClN2OS/c13-9-5-6-18-11(9)10(12(15)17)16-8-3-1-7(14)2-4-8/h1-6,10,16H,(H2,15,17). The number of anilines is 1. The molecule has 0 bridgehead atoms. The summed E-state index contributed by atoms with van der Waals surface area (Å²) >= 11 is 10.7. The monoisotopic (exact) mass is 344 g/mol. The topological polar surface area (TPSA) is 55.1 Å². The van der Waals surface area contributed by atoms with Crippen LogP contribution in [0.4, 0.5) is 5.69 Å². The van der Waals surface area contributed by atoms with Crippen LogP contribution in [-0.2, 0) is 4.79 Å². The number of carbonyl (C=O) groups is 1. The maximum absolute atomic E-state index is 11.5. The first-order valence-corrected chi connectivity index (χ1v) is 7.17. The number of carbonyl (C=O) groups excluding carboxylic acids is 1. The van der Waals surface area contributed by atoms with Crippen molar-refractivity contribution >= 4 is 50.5 Å². The number of hydrogen-bond acceptors (Lipinski definition) is 3. The molecular formula is C12H10BrClN2OS. The van der Waals surface area contributed by atoms with E-state index in [9.17, 15) is 4.79 Å². The second-order valence-electron chi connectivity index (χ2n) is 3.62. The van der Waals surface area contributed by atoms with Crippen molar-refractivity contribution in [3.05, 3.63) is 50.1 Å². The SMILES string of the molecule is NC(=O)C(Nc1ccc(Cl)cc1)c1sccc1Br. The lowest BCUT2D eigenvalue weighted by Gasteiger charge is -2.16. The number of hydrogen-bond donors (Lipinski definition) is 2. The Morgan fingerprint density at radius 3 is 2.50 bits per heavy atom. The molecule has 3 N–H and O–H groups in total. The van der Waals surface area contributed by atoms with Crippen molar-refractivity contribution in [3.8, 4) is 0 Å². The zero-order chi connectivity index (χ0) is 13.1. The Hall–Kier alpha value is -1.04. The van der Waals surface area contributed by atoms with E-state index in [-0.39, 0.29) is 0 Å². The Morgan fingerprint density at radius 1 is 1.33 bits per heavy atom. The summed E-state index contributed by atoms with van der Waals surface area (Å²) in [6.07, 6.45) is 0. The molecule has 0 aliphatic carbocycles. The maximum Gasteiger partial charge on any atom is 0.245 e. The maximum atomic E-state index is 11.5. The molecule has 18 heavy (non-hydrogen) atoms.